The second-order valence-corrected chi connectivity index (χ2v) is 9.43. The summed E-state index contributed by atoms with van der Waals surface area (Å²) in [4.78, 5) is 24.0. The molecule has 9 heteroatoms. The third-order valence-corrected chi connectivity index (χ3v) is 7.66. The first-order valence-corrected chi connectivity index (χ1v) is 11.5. The number of halogens is 3. The van der Waals surface area contributed by atoms with E-state index in [4.69, 9.17) is 0 Å². The Morgan fingerprint density at radius 2 is 2.07 bits per heavy atom. The molecule has 0 radical (unpaired) electrons. The number of carbonyl (C=O) groups is 1. The van der Waals surface area contributed by atoms with Gasteiger partial charge in [0.25, 0.3) is 0 Å². The Morgan fingerprint density at radius 3 is 2.83 bits per heavy atom. The van der Waals surface area contributed by atoms with Crippen molar-refractivity contribution in [1.29, 1.82) is 0 Å². The Kier molecular flexibility index (Phi) is 6.02. The van der Waals surface area contributed by atoms with Crippen LogP contribution < -0.4 is 5.32 Å². The predicted octanol–water partition coefficient (Wildman–Crippen LogP) is 6.10. The van der Waals surface area contributed by atoms with E-state index in [2.05, 4.69) is 15.3 Å². The number of anilines is 1. The van der Waals surface area contributed by atoms with Crippen molar-refractivity contribution < 1.29 is 18.0 Å². The Labute approximate surface area is 180 Å². The van der Waals surface area contributed by atoms with Crippen LogP contribution in [0.3, 0.4) is 0 Å². The summed E-state index contributed by atoms with van der Waals surface area (Å²) in [6.07, 6.45) is 1.93. The minimum absolute atomic E-state index is 0.134. The van der Waals surface area contributed by atoms with Crippen LogP contribution in [0.1, 0.15) is 42.2 Å². The normalized spacial score (nSPS) is 15.1. The molecule has 30 heavy (non-hydrogen) atoms. The Balaban J connectivity index is 1.57. The SMILES string of the molecule is CCC(Sc1ncnc2sc3c(c12)CCCC3)C(=O)Nc1cccc(C(F)(F)F)c1. The van der Waals surface area contributed by atoms with Gasteiger partial charge in [0, 0.05) is 16.0 Å². The van der Waals surface area contributed by atoms with Crippen molar-refractivity contribution in [2.75, 3.05) is 5.32 Å². The fraction of sp³-hybridized carbons (Fsp3) is 0.381. The van der Waals surface area contributed by atoms with Gasteiger partial charge < -0.3 is 5.32 Å². The Morgan fingerprint density at radius 1 is 1.27 bits per heavy atom. The number of amides is 1. The number of thiophene rings is 1. The first-order valence-electron chi connectivity index (χ1n) is 9.77. The molecule has 4 rings (SSSR count). The van der Waals surface area contributed by atoms with Gasteiger partial charge in [0.15, 0.2) is 0 Å². The molecule has 158 valence electrons. The van der Waals surface area contributed by atoms with Gasteiger partial charge >= 0.3 is 6.18 Å². The van der Waals surface area contributed by atoms with Gasteiger partial charge in [0.1, 0.15) is 16.2 Å². The highest BCUT2D eigenvalue weighted by Crippen LogP contribution is 2.40. The van der Waals surface area contributed by atoms with E-state index >= 15 is 0 Å². The highest BCUT2D eigenvalue weighted by atomic mass is 32.2. The zero-order valence-corrected chi connectivity index (χ0v) is 17.9. The van der Waals surface area contributed by atoms with Crippen LogP contribution in [0, 0.1) is 0 Å². The number of nitrogens with zero attached hydrogens (tertiary/aromatic N) is 2. The number of rotatable bonds is 5. The molecule has 0 spiro atoms. The summed E-state index contributed by atoms with van der Waals surface area (Å²) < 4.78 is 38.8. The van der Waals surface area contributed by atoms with E-state index in [9.17, 15) is 18.0 Å². The summed E-state index contributed by atoms with van der Waals surface area (Å²) >= 11 is 3.05. The molecule has 3 aromatic rings. The van der Waals surface area contributed by atoms with Crippen LogP contribution in [0.25, 0.3) is 10.2 Å². The lowest BCUT2D eigenvalue weighted by atomic mass is 9.97. The largest absolute Gasteiger partial charge is 0.416 e. The molecule has 1 unspecified atom stereocenters. The zero-order valence-electron chi connectivity index (χ0n) is 16.3. The molecular formula is C21H20F3N3OS2. The minimum Gasteiger partial charge on any atom is -0.325 e. The lowest BCUT2D eigenvalue weighted by Crippen LogP contribution is -2.25. The predicted molar refractivity (Wildman–Crippen MR) is 114 cm³/mol. The van der Waals surface area contributed by atoms with Gasteiger partial charge in [-0.15, -0.1) is 11.3 Å². The molecule has 1 N–H and O–H groups in total. The molecule has 0 saturated heterocycles. The van der Waals surface area contributed by atoms with Gasteiger partial charge in [-0.05, 0) is 55.9 Å². The van der Waals surface area contributed by atoms with Gasteiger partial charge in [0.05, 0.1) is 10.8 Å². The van der Waals surface area contributed by atoms with E-state index < -0.39 is 17.0 Å². The number of thioether (sulfide) groups is 1. The molecule has 1 amide bonds. The monoisotopic (exact) mass is 451 g/mol. The fourth-order valence-corrected chi connectivity index (χ4v) is 5.94. The number of hydrogen-bond acceptors (Lipinski definition) is 5. The molecule has 2 aromatic heterocycles. The third-order valence-electron chi connectivity index (χ3n) is 5.09. The lowest BCUT2D eigenvalue weighted by Gasteiger charge is -2.16. The minimum atomic E-state index is -4.45. The van der Waals surface area contributed by atoms with E-state index in [1.54, 1.807) is 11.3 Å². The van der Waals surface area contributed by atoms with E-state index in [1.807, 2.05) is 6.92 Å². The number of alkyl halides is 3. The van der Waals surface area contributed by atoms with Crippen molar-refractivity contribution in [2.24, 2.45) is 0 Å². The van der Waals surface area contributed by atoms with Gasteiger partial charge in [-0.2, -0.15) is 13.2 Å². The molecular weight excluding hydrogens is 431 g/mol. The van der Waals surface area contributed by atoms with Crippen LogP contribution in [-0.4, -0.2) is 21.1 Å². The molecule has 1 aliphatic carbocycles. The molecule has 1 atom stereocenters. The maximum atomic E-state index is 12.9. The molecule has 4 nitrogen and oxygen atoms in total. The second kappa shape index (κ2) is 8.55. The number of aryl methyl sites for hydroxylation is 2. The topological polar surface area (TPSA) is 54.9 Å². The van der Waals surface area contributed by atoms with E-state index in [1.165, 1.54) is 47.1 Å². The van der Waals surface area contributed by atoms with Crippen LogP contribution in [-0.2, 0) is 23.8 Å². The van der Waals surface area contributed by atoms with Gasteiger partial charge in [0.2, 0.25) is 5.91 Å². The summed E-state index contributed by atoms with van der Waals surface area (Å²) in [6, 6.07) is 4.69. The highest BCUT2D eigenvalue weighted by molar-refractivity contribution is 8.00. The quantitative estimate of drug-likeness (QED) is 0.376. The van der Waals surface area contributed by atoms with Crippen molar-refractivity contribution in [3.63, 3.8) is 0 Å². The van der Waals surface area contributed by atoms with Crippen molar-refractivity contribution >= 4 is 44.9 Å². The van der Waals surface area contributed by atoms with Gasteiger partial charge in [-0.1, -0.05) is 24.8 Å². The summed E-state index contributed by atoms with van der Waals surface area (Å²) in [5.41, 5.74) is 0.635. The number of fused-ring (bicyclic) bond motifs is 3. The average Bonchev–Trinajstić information content (AvgIpc) is 3.11. The first-order chi connectivity index (χ1) is 14.4. The molecule has 1 aliphatic rings. The number of aromatic nitrogens is 2. The van der Waals surface area contributed by atoms with Crippen LogP contribution >= 0.6 is 23.1 Å². The molecule has 1 aromatic carbocycles. The van der Waals surface area contributed by atoms with E-state index in [0.29, 0.717) is 6.42 Å². The third kappa shape index (κ3) is 4.32. The smallest absolute Gasteiger partial charge is 0.325 e. The Hall–Kier alpha value is -2.13. The number of benzene rings is 1. The highest BCUT2D eigenvalue weighted by Gasteiger charge is 2.31. The van der Waals surface area contributed by atoms with Crippen molar-refractivity contribution in [3.8, 4) is 0 Å². The van der Waals surface area contributed by atoms with Crippen molar-refractivity contribution in [2.45, 2.75) is 55.5 Å². The summed E-state index contributed by atoms with van der Waals surface area (Å²) in [5.74, 6) is -0.335. The summed E-state index contributed by atoms with van der Waals surface area (Å²) in [7, 11) is 0. The number of hydrogen-bond donors (Lipinski definition) is 1. The van der Waals surface area contributed by atoms with Gasteiger partial charge in [-0.25, -0.2) is 9.97 Å². The van der Waals surface area contributed by atoms with E-state index in [-0.39, 0.29) is 11.6 Å². The van der Waals surface area contributed by atoms with Crippen LogP contribution in [0.5, 0.6) is 0 Å². The van der Waals surface area contributed by atoms with Crippen LogP contribution in [0.4, 0.5) is 18.9 Å². The fourth-order valence-electron chi connectivity index (χ4n) is 3.60. The van der Waals surface area contributed by atoms with Gasteiger partial charge in [-0.3, -0.25) is 4.79 Å². The number of carbonyl (C=O) groups excluding carboxylic acids is 1. The lowest BCUT2D eigenvalue weighted by molar-refractivity contribution is -0.137. The summed E-state index contributed by atoms with van der Waals surface area (Å²) in [5, 5.41) is 3.96. The first kappa shape index (κ1) is 21.1. The molecule has 0 bridgehead atoms. The van der Waals surface area contributed by atoms with Crippen molar-refractivity contribution in [1.82, 2.24) is 9.97 Å². The zero-order chi connectivity index (χ0) is 21.3. The molecule has 0 saturated carbocycles. The second-order valence-electron chi connectivity index (χ2n) is 7.15. The van der Waals surface area contributed by atoms with Crippen LogP contribution in [0.2, 0.25) is 0 Å². The average molecular weight is 452 g/mol. The maximum absolute atomic E-state index is 12.9. The summed E-state index contributed by atoms with van der Waals surface area (Å²) in [6.45, 7) is 1.88. The number of nitrogens with one attached hydrogen (secondary N) is 1. The standard InChI is InChI=1S/C21H20F3N3OS2/c1-2-15(18(28)27-13-7-5-6-12(10-13)21(22,23)24)29-19-17-14-8-3-4-9-16(14)30-20(17)26-11-25-19/h5-7,10-11,15H,2-4,8-9H2,1H3,(H,27,28). The Bertz CT molecular complexity index is 1080. The molecule has 0 aliphatic heterocycles. The molecule has 2 heterocycles. The maximum Gasteiger partial charge on any atom is 0.416 e. The molecule has 0 fully saturated rings. The van der Waals surface area contributed by atoms with E-state index in [0.717, 1.165) is 46.6 Å². The van der Waals surface area contributed by atoms with Crippen molar-refractivity contribution in [3.05, 3.63) is 46.6 Å². The van der Waals surface area contributed by atoms with Crippen LogP contribution in [0.15, 0.2) is 35.6 Å².